The fourth-order valence-electron chi connectivity index (χ4n) is 0.917. The zero-order valence-electron chi connectivity index (χ0n) is 8.41. The van der Waals surface area contributed by atoms with E-state index in [1.54, 1.807) is 13.1 Å². The maximum absolute atomic E-state index is 11.1. The minimum Gasteiger partial charge on any atom is -0.444 e. The molecule has 5 heteroatoms. The number of carbonyl (C=O) groups is 1. The van der Waals surface area contributed by atoms with Gasteiger partial charge in [0.25, 0.3) is 0 Å². The molecule has 1 rings (SSSR count). The maximum atomic E-state index is 11.1. The number of carbonyl (C=O) groups excluding carboxylic acids is 1. The van der Waals surface area contributed by atoms with Crippen LogP contribution in [0.15, 0.2) is 10.6 Å². The summed E-state index contributed by atoms with van der Waals surface area (Å²) in [4.78, 5) is 15.1. The standard InChI is InChI=1S/C9H15N3O2/c1-3-7-4-11-8(14-7)5-12-9(13)6(2)10/h4,6H,3,5,10H2,1-2H3,(H,12,13)/t6-/m1/s1. The summed E-state index contributed by atoms with van der Waals surface area (Å²) in [7, 11) is 0. The molecule has 0 radical (unpaired) electrons. The Balaban J connectivity index is 2.41. The lowest BCUT2D eigenvalue weighted by atomic mass is 10.3. The van der Waals surface area contributed by atoms with E-state index in [4.69, 9.17) is 10.2 Å². The van der Waals surface area contributed by atoms with Crippen LogP contribution in [0.25, 0.3) is 0 Å². The second kappa shape index (κ2) is 4.76. The van der Waals surface area contributed by atoms with Crippen molar-refractivity contribution in [2.24, 2.45) is 5.73 Å². The SMILES string of the molecule is CCc1cnc(CNC(=O)[C@@H](C)N)o1. The van der Waals surface area contributed by atoms with Crippen molar-refractivity contribution in [3.63, 3.8) is 0 Å². The lowest BCUT2D eigenvalue weighted by molar-refractivity contribution is -0.122. The summed E-state index contributed by atoms with van der Waals surface area (Å²) >= 11 is 0. The van der Waals surface area contributed by atoms with E-state index in [-0.39, 0.29) is 5.91 Å². The van der Waals surface area contributed by atoms with Crippen LogP contribution < -0.4 is 11.1 Å². The van der Waals surface area contributed by atoms with Crippen molar-refractivity contribution in [1.82, 2.24) is 10.3 Å². The highest BCUT2D eigenvalue weighted by atomic mass is 16.4. The summed E-state index contributed by atoms with van der Waals surface area (Å²) in [5.41, 5.74) is 5.37. The van der Waals surface area contributed by atoms with E-state index in [0.29, 0.717) is 12.4 Å². The molecule has 3 N–H and O–H groups in total. The highest BCUT2D eigenvalue weighted by Gasteiger charge is 2.08. The Morgan fingerprint density at radius 3 is 3.00 bits per heavy atom. The predicted octanol–water partition coefficient (Wildman–Crippen LogP) is 0.200. The Labute approximate surface area is 82.7 Å². The molecule has 1 aromatic heterocycles. The lowest BCUT2D eigenvalue weighted by Crippen LogP contribution is -2.37. The molecule has 0 fully saturated rings. The topological polar surface area (TPSA) is 81.2 Å². The van der Waals surface area contributed by atoms with Crippen molar-refractivity contribution in [2.45, 2.75) is 32.9 Å². The van der Waals surface area contributed by atoms with Crippen LogP contribution >= 0.6 is 0 Å². The predicted molar refractivity (Wildman–Crippen MR) is 51.4 cm³/mol. The average Bonchev–Trinajstić information content (AvgIpc) is 2.61. The third kappa shape index (κ3) is 2.85. The zero-order chi connectivity index (χ0) is 10.6. The molecular weight excluding hydrogens is 182 g/mol. The van der Waals surface area contributed by atoms with Gasteiger partial charge in [0, 0.05) is 6.42 Å². The summed E-state index contributed by atoms with van der Waals surface area (Å²) in [6.45, 7) is 3.90. The Bertz CT molecular complexity index is 307. The number of hydrogen-bond acceptors (Lipinski definition) is 4. The van der Waals surface area contributed by atoms with Crippen LogP contribution in [0.3, 0.4) is 0 Å². The molecule has 1 aromatic rings. The second-order valence-electron chi connectivity index (χ2n) is 3.08. The van der Waals surface area contributed by atoms with Gasteiger partial charge in [-0.15, -0.1) is 0 Å². The van der Waals surface area contributed by atoms with Gasteiger partial charge in [0.2, 0.25) is 11.8 Å². The number of nitrogens with zero attached hydrogens (tertiary/aromatic N) is 1. The van der Waals surface area contributed by atoms with Crippen LogP contribution in [0.1, 0.15) is 25.5 Å². The first-order chi connectivity index (χ1) is 6.63. The zero-order valence-corrected chi connectivity index (χ0v) is 8.41. The van der Waals surface area contributed by atoms with Crippen LogP contribution in [0.2, 0.25) is 0 Å². The van der Waals surface area contributed by atoms with Gasteiger partial charge in [0.15, 0.2) is 0 Å². The molecule has 0 saturated carbocycles. The van der Waals surface area contributed by atoms with Gasteiger partial charge >= 0.3 is 0 Å². The molecule has 0 aliphatic carbocycles. The van der Waals surface area contributed by atoms with E-state index in [0.717, 1.165) is 12.2 Å². The Morgan fingerprint density at radius 2 is 2.50 bits per heavy atom. The fourth-order valence-corrected chi connectivity index (χ4v) is 0.917. The number of nitrogens with one attached hydrogen (secondary N) is 1. The second-order valence-corrected chi connectivity index (χ2v) is 3.08. The minimum absolute atomic E-state index is 0.207. The Kier molecular flexibility index (Phi) is 3.64. The average molecular weight is 197 g/mol. The molecule has 1 amide bonds. The summed E-state index contributed by atoms with van der Waals surface area (Å²) in [6, 6.07) is -0.504. The van der Waals surface area contributed by atoms with E-state index in [1.807, 2.05) is 6.92 Å². The number of amides is 1. The Hall–Kier alpha value is -1.36. The van der Waals surface area contributed by atoms with Gasteiger partial charge < -0.3 is 15.5 Å². The minimum atomic E-state index is -0.504. The molecule has 0 saturated heterocycles. The molecule has 0 bridgehead atoms. The van der Waals surface area contributed by atoms with Gasteiger partial charge in [-0.25, -0.2) is 4.98 Å². The first kappa shape index (κ1) is 10.7. The smallest absolute Gasteiger partial charge is 0.237 e. The quantitative estimate of drug-likeness (QED) is 0.722. The third-order valence-electron chi connectivity index (χ3n) is 1.78. The maximum Gasteiger partial charge on any atom is 0.237 e. The summed E-state index contributed by atoms with van der Waals surface area (Å²) in [5.74, 6) is 1.12. The third-order valence-corrected chi connectivity index (χ3v) is 1.78. The van der Waals surface area contributed by atoms with Gasteiger partial charge in [-0.3, -0.25) is 4.79 Å². The van der Waals surface area contributed by atoms with E-state index in [1.165, 1.54) is 0 Å². The van der Waals surface area contributed by atoms with Crippen LogP contribution in [-0.4, -0.2) is 16.9 Å². The summed E-state index contributed by atoms with van der Waals surface area (Å²) in [5, 5.41) is 2.62. The molecule has 0 spiro atoms. The molecule has 0 aromatic carbocycles. The van der Waals surface area contributed by atoms with Crippen LogP contribution in [-0.2, 0) is 17.8 Å². The molecule has 14 heavy (non-hydrogen) atoms. The number of oxazole rings is 1. The first-order valence-corrected chi connectivity index (χ1v) is 4.60. The van der Waals surface area contributed by atoms with E-state index >= 15 is 0 Å². The van der Waals surface area contributed by atoms with E-state index < -0.39 is 6.04 Å². The molecular formula is C9H15N3O2. The lowest BCUT2D eigenvalue weighted by Gasteiger charge is -2.04. The molecule has 0 unspecified atom stereocenters. The van der Waals surface area contributed by atoms with E-state index in [9.17, 15) is 4.79 Å². The van der Waals surface area contributed by atoms with Gasteiger partial charge in [-0.1, -0.05) is 6.92 Å². The first-order valence-electron chi connectivity index (χ1n) is 4.60. The van der Waals surface area contributed by atoms with Gasteiger partial charge in [0.1, 0.15) is 5.76 Å². The monoisotopic (exact) mass is 197 g/mol. The molecule has 78 valence electrons. The Morgan fingerprint density at radius 1 is 1.79 bits per heavy atom. The molecule has 1 heterocycles. The summed E-state index contributed by atoms with van der Waals surface area (Å²) < 4.78 is 5.30. The molecule has 0 aliphatic heterocycles. The molecule has 1 atom stereocenters. The number of aryl methyl sites for hydroxylation is 1. The number of aromatic nitrogens is 1. The van der Waals surface area contributed by atoms with Crippen molar-refractivity contribution in [1.29, 1.82) is 0 Å². The largest absolute Gasteiger partial charge is 0.444 e. The van der Waals surface area contributed by atoms with Crippen LogP contribution in [0.5, 0.6) is 0 Å². The van der Waals surface area contributed by atoms with Crippen molar-refractivity contribution in [3.05, 3.63) is 17.8 Å². The number of hydrogen-bond donors (Lipinski definition) is 2. The van der Waals surface area contributed by atoms with Gasteiger partial charge in [0.05, 0.1) is 18.8 Å². The normalized spacial score (nSPS) is 12.5. The van der Waals surface area contributed by atoms with Crippen LogP contribution in [0.4, 0.5) is 0 Å². The van der Waals surface area contributed by atoms with Crippen molar-refractivity contribution in [3.8, 4) is 0 Å². The fraction of sp³-hybridized carbons (Fsp3) is 0.556. The van der Waals surface area contributed by atoms with Crippen molar-refractivity contribution >= 4 is 5.91 Å². The van der Waals surface area contributed by atoms with Crippen molar-refractivity contribution < 1.29 is 9.21 Å². The van der Waals surface area contributed by atoms with E-state index in [2.05, 4.69) is 10.3 Å². The van der Waals surface area contributed by atoms with Crippen molar-refractivity contribution in [2.75, 3.05) is 0 Å². The van der Waals surface area contributed by atoms with Crippen LogP contribution in [0, 0.1) is 0 Å². The highest BCUT2D eigenvalue weighted by Crippen LogP contribution is 2.03. The molecule has 0 aliphatic rings. The summed E-state index contributed by atoms with van der Waals surface area (Å²) in [6.07, 6.45) is 2.46. The van der Waals surface area contributed by atoms with Gasteiger partial charge in [-0.05, 0) is 6.92 Å². The number of nitrogens with two attached hydrogens (primary N) is 1. The highest BCUT2D eigenvalue weighted by molar-refractivity contribution is 5.80. The van der Waals surface area contributed by atoms with Gasteiger partial charge in [-0.2, -0.15) is 0 Å². The molecule has 5 nitrogen and oxygen atoms in total. The number of rotatable bonds is 4.